The summed E-state index contributed by atoms with van der Waals surface area (Å²) in [6.45, 7) is 8.86. The number of aromatic nitrogens is 2. The Hall–Kier alpha value is -1.04. The number of halogens is 1. The van der Waals surface area contributed by atoms with Crippen molar-refractivity contribution in [1.82, 2.24) is 14.7 Å². The van der Waals surface area contributed by atoms with Gasteiger partial charge in [-0.2, -0.15) is 5.10 Å². The largest absolute Gasteiger partial charge is 0.444 e. The lowest BCUT2D eigenvalue weighted by Gasteiger charge is -2.35. The number of nitrogens with zero attached hydrogens (tertiary/aromatic N) is 3. The molecule has 100 valence electrons. The van der Waals surface area contributed by atoms with Crippen molar-refractivity contribution in [3.8, 4) is 0 Å². The number of carbonyl (C=O) groups excluding carboxylic acids is 1. The van der Waals surface area contributed by atoms with Gasteiger partial charge in [-0.1, -0.05) is 0 Å². The second-order valence-electron chi connectivity index (χ2n) is 5.60. The molecule has 0 aliphatic carbocycles. The molecule has 1 atom stereocenters. The molecule has 0 aromatic carbocycles. The van der Waals surface area contributed by atoms with Gasteiger partial charge in [-0.3, -0.25) is 9.58 Å². The van der Waals surface area contributed by atoms with E-state index in [1.54, 1.807) is 4.90 Å². The second-order valence-corrected chi connectivity index (χ2v) is 6.41. The van der Waals surface area contributed by atoms with E-state index in [1.165, 1.54) is 0 Å². The average molecular weight is 316 g/mol. The molecule has 0 N–H and O–H groups in total. The third-order valence-electron chi connectivity index (χ3n) is 2.76. The molecule has 1 aliphatic heterocycles. The highest BCUT2D eigenvalue weighted by Gasteiger charge is 2.31. The molecule has 0 saturated carbocycles. The lowest BCUT2D eigenvalue weighted by molar-refractivity contribution is 0.00906. The lowest BCUT2D eigenvalue weighted by Crippen LogP contribution is -2.46. The summed E-state index contributed by atoms with van der Waals surface area (Å²) < 4.78 is 8.14. The molecule has 6 heteroatoms. The van der Waals surface area contributed by atoms with Gasteiger partial charge in [0.15, 0.2) is 0 Å². The molecule has 18 heavy (non-hydrogen) atoms. The van der Waals surface area contributed by atoms with E-state index < -0.39 is 5.60 Å². The highest BCUT2D eigenvalue weighted by Crippen LogP contribution is 2.22. The van der Waals surface area contributed by atoms with E-state index in [-0.39, 0.29) is 12.1 Å². The molecular weight excluding hydrogens is 298 g/mol. The maximum atomic E-state index is 12.1. The third kappa shape index (κ3) is 2.85. The van der Waals surface area contributed by atoms with Crippen molar-refractivity contribution >= 4 is 22.0 Å². The van der Waals surface area contributed by atoms with E-state index in [0.717, 1.165) is 10.3 Å². The molecule has 0 bridgehead atoms. The summed E-state index contributed by atoms with van der Waals surface area (Å²) in [6, 6.07) is 2.02. The summed E-state index contributed by atoms with van der Waals surface area (Å²) in [5.74, 6) is 0. The Morgan fingerprint density at radius 1 is 1.56 bits per heavy atom. The van der Waals surface area contributed by atoms with E-state index in [9.17, 15) is 4.79 Å². The van der Waals surface area contributed by atoms with Gasteiger partial charge in [-0.25, -0.2) is 4.79 Å². The van der Waals surface area contributed by atoms with Crippen LogP contribution in [0.3, 0.4) is 0 Å². The fourth-order valence-electron chi connectivity index (χ4n) is 1.95. The Morgan fingerprint density at radius 2 is 2.22 bits per heavy atom. The van der Waals surface area contributed by atoms with Gasteiger partial charge in [0.2, 0.25) is 0 Å². The predicted octanol–water partition coefficient (Wildman–Crippen LogP) is 2.78. The van der Waals surface area contributed by atoms with Crippen molar-refractivity contribution in [1.29, 1.82) is 0 Å². The van der Waals surface area contributed by atoms with Gasteiger partial charge in [-0.05, 0) is 49.7 Å². The first-order valence-electron chi connectivity index (χ1n) is 5.98. The van der Waals surface area contributed by atoms with E-state index >= 15 is 0 Å². The minimum Gasteiger partial charge on any atom is -0.444 e. The van der Waals surface area contributed by atoms with Crippen LogP contribution >= 0.6 is 15.9 Å². The first-order chi connectivity index (χ1) is 8.26. The van der Waals surface area contributed by atoms with E-state index in [2.05, 4.69) is 21.0 Å². The smallest absolute Gasteiger partial charge is 0.410 e. The number of fused-ring (bicyclic) bond motifs is 1. The third-order valence-corrected chi connectivity index (χ3v) is 3.15. The Morgan fingerprint density at radius 3 is 2.83 bits per heavy atom. The van der Waals surface area contributed by atoms with Crippen LogP contribution in [0.5, 0.6) is 0 Å². The van der Waals surface area contributed by atoms with Crippen LogP contribution in [0.25, 0.3) is 0 Å². The zero-order valence-corrected chi connectivity index (χ0v) is 12.7. The Bertz CT molecular complexity index is 464. The second kappa shape index (κ2) is 4.57. The minimum absolute atomic E-state index is 0.0825. The van der Waals surface area contributed by atoms with Crippen LogP contribution in [0, 0.1) is 0 Å². The summed E-state index contributed by atoms with van der Waals surface area (Å²) >= 11 is 3.35. The molecule has 1 aliphatic rings. The Kier molecular flexibility index (Phi) is 3.40. The van der Waals surface area contributed by atoms with Gasteiger partial charge in [0.05, 0.1) is 24.8 Å². The van der Waals surface area contributed by atoms with Crippen molar-refractivity contribution in [2.75, 3.05) is 0 Å². The van der Waals surface area contributed by atoms with Crippen LogP contribution in [-0.4, -0.2) is 32.4 Å². The van der Waals surface area contributed by atoms with Crippen molar-refractivity contribution in [3.63, 3.8) is 0 Å². The topological polar surface area (TPSA) is 47.4 Å². The predicted molar refractivity (Wildman–Crippen MR) is 71.2 cm³/mol. The first kappa shape index (κ1) is 13.4. The minimum atomic E-state index is -0.463. The van der Waals surface area contributed by atoms with Gasteiger partial charge in [0.25, 0.3) is 0 Å². The summed E-state index contributed by atoms with van der Waals surface area (Å²) in [5, 5.41) is 4.32. The van der Waals surface area contributed by atoms with Crippen LogP contribution in [-0.2, 0) is 17.8 Å². The molecular formula is C12H18BrN3O2. The number of amides is 1. The summed E-state index contributed by atoms with van der Waals surface area (Å²) in [7, 11) is 0. The highest BCUT2D eigenvalue weighted by molar-refractivity contribution is 9.10. The Balaban J connectivity index is 2.14. The zero-order valence-electron chi connectivity index (χ0n) is 11.1. The van der Waals surface area contributed by atoms with Crippen LogP contribution < -0.4 is 0 Å². The summed E-state index contributed by atoms with van der Waals surface area (Å²) in [6.07, 6.45) is -0.265. The van der Waals surface area contributed by atoms with Gasteiger partial charge < -0.3 is 4.74 Å². The fourth-order valence-corrected chi connectivity index (χ4v) is 2.41. The number of hydrogen-bond donors (Lipinski definition) is 0. The molecule has 0 unspecified atom stereocenters. The fraction of sp³-hybridized carbons (Fsp3) is 0.667. The molecule has 2 rings (SSSR count). The van der Waals surface area contributed by atoms with Crippen LogP contribution in [0.1, 0.15) is 33.4 Å². The van der Waals surface area contributed by atoms with E-state index in [0.29, 0.717) is 13.1 Å². The maximum absolute atomic E-state index is 12.1. The quantitative estimate of drug-likeness (QED) is 0.739. The lowest BCUT2D eigenvalue weighted by atomic mass is 10.2. The molecule has 0 saturated heterocycles. The van der Waals surface area contributed by atoms with Gasteiger partial charge in [0, 0.05) is 0 Å². The van der Waals surface area contributed by atoms with Crippen molar-refractivity contribution in [2.45, 2.75) is 52.4 Å². The first-order valence-corrected chi connectivity index (χ1v) is 6.77. The highest BCUT2D eigenvalue weighted by atomic mass is 79.9. The standard InChI is InChI=1S/C12H18BrN3O2/c1-8-6-16-9(5-10(13)14-16)7-15(8)11(17)18-12(2,3)4/h5,8H,6-7H2,1-4H3/t8-/m1/s1. The Labute approximate surface area is 115 Å². The summed E-state index contributed by atoms with van der Waals surface area (Å²) in [4.78, 5) is 13.8. The molecule has 0 spiro atoms. The maximum Gasteiger partial charge on any atom is 0.410 e. The van der Waals surface area contributed by atoms with Gasteiger partial charge in [0.1, 0.15) is 10.2 Å². The molecule has 2 heterocycles. The number of rotatable bonds is 0. The molecule has 0 fully saturated rings. The molecule has 5 nitrogen and oxygen atoms in total. The molecule has 0 radical (unpaired) electrons. The number of hydrogen-bond acceptors (Lipinski definition) is 3. The van der Waals surface area contributed by atoms with Crippen LogP contribution in [0.4, 0.5) is 4.79 Å². The number of ether oxygens (including phenoxy) is 1. The molecule has 1 aromatic heterocycles. The van der Waals surface area contributed by atoms with E-state index in [4.69, 9.17) is 4.74 Å². The van der Waals surface area contributed by atoms with Gasteiger partial charge in [-0.15, -0.1) is 0 Å². The van der Waals surface area contributed by atoms with Gasteiger partial charge >= 0.3 is 6.09 Å². The normalized spacial score (nSPS) is 19.6. The number of carbonyl (C=O) groups is 1. The van der Waals surface area contributed by atoms with Crippen molar-refractivity contribution in [3.05, 3.63) is 16.4 Å². The van der Waals surface area contributed by atoms with Crippen molar-refractivity contribution in [2.24, 2.45) is 0 Å². The van der Waals surface area contributed by atoms with E-state index in [1.807, 2.05) is 38.4 Å². The summed E-state index contributed by atoms with van der Waals surface area (Å²) in [5.41, 5.74) is 0.556. The zero-order chi connectivity index (χ0) is 13.5. The monoisotopic (exact) mass is 315 g/mol. The van der Waals surface area contributed by atoms with Crippen LogP contribution in [0.2, 0.25) is 0 Å². The SMILES string of the molecule is C[C@@H]1Cn2nc(Br)cc2CN1C(=O)OC(C)(C)C. The molecule has 1 aromatic rings. The molecule has 1 amide bonds. The average Bonchev–Trinajstić information content (AvgIpc) is 2.53. The van der Waals surface area contributed by atoms with Crippen molar-refractivity contribution < 1.29 is 9.53 Å². The van der Waals surface area contributed by atoms with Crippen LogP contribution in [0.15, 0.2) is 10.7 Å².